The van der Waals surface area contributed by atoms with Crippen molar-refractivity contribution < 1.29 is 14.7 Å². The SMILES string of the molecule is CN(Cc1cnn(C)c1)C(=O)C1CCC(C(=O)O)C1. The second-order valence-electron chi connectivity index (χ2n) is 5.26. The molecule has 1 aromatic rings. The van der Waals surface area contributed by atoms with Crippen LogP contribution in [0.5, 0.6) is 0 Å². The molecule has 0 aliphatic heterocycles. The fourth-order valence-corrected chi connectivity index (χ4v) is 2.65. The van der Waals surface area contributed by atoms with E-state index < -0.39 is 5.97 Å². The highest BCUT2D eigenvalue weighted by molar-refractivity contribution is 5.80. The second kappa shape index (κ2) is 5.42. The monoisotopic (exact) mass is 265 g/mol. The lowest BCUT2D eigenvalue weighted by atomic mass is 10.0. The van der Waals surface area contributed by atoms with Crippen molar-refractivity contribution in [3.63, 3.8) is 0 Å². The molecule has 1 amide bonds. The zero-order valence-electron chi connectivity index (χ0n) is 11.2. The molecule has 1 N–H and O–H groups in total. The molecule has 0 aromatic carbocycles. The molecule has 1 aliphatic rings. The third-order valence-electron chi connectivity index (χ3n) is 3.69. The lowest BCUT2D eigenvalue weighted by molar-refractivity contribution is -0.141. The number of carboxylic acid groups (broad SMARTS) is 1. The van der Waals surface area contributed by atoms with Gasteiger partial charge in [-0.15, -0.1) is 0 Å². The molecule has 2 rings (SSSR count). The summed E-state index contributed by atoms with van der Waals surface area (Å²) in [5, 5.41) is 13.0. The number of rotatable bonds is 4. The number of hydrogen-bond acceptors (Lipinski definition) is 3. The zero-order valence-corrected chi connectivity index (χ0v) is 11.2. The fraction of sp³-hybridized carbons (Fsp3) is 0.615. The van der Waals surface area contributed by atoms with Crippen molar-refractivity contribution in [3.05, 3.63) is 18.0 Å². The summed E-state index contributed by atoms with van der Waals surface area (Å²) in [6, 6.07) is 0. The highest BCUT2D eigenvalue weighted by atomic mass is 16.4. The van der Waals surface area contributed by atoms with Crippen molar-refractivity contribution in [1.82, 2.24) is 14.7 Å². The van der Waals surface area contributed by atoms with Gasteiger partial charge >= 0.3 is 5.97 Å². The third kappa shape index (κ3) is 3.13. The van der Waals surface area contributed by atoms with Gasteiger partial charge in [0.2, 0.25) is 5.91 Å². The highest BCUT2D eigenvalue weighted by Crippen LogP contribution is 2.32. The molecule has 1 aliphatic carbocycles. The first-order valence-corrected chi connectivity index (χ1v) is 6.42. The predicted octanol–water partition coefficient (Wildman–Crippen LogP) is 0.879. The summed E-state index contributed by atoms with van der Waals surface area (Å²) in [5.74, 6) is -1.26. The first kappa shape index (κ1) is 13.6. The van der Waals surface area contributed by atoms with E-state index in [1.54, 1.807) is 22.8 Å². The molecule has 1 heterocycles. The van der Waals surface area contributed by atoms with Gasteiger partial charge < -0.3 is 10.0 Å². The topological polar surface area (TPSA) is 75.4 Å². The molecule has 104 valence electrons. The standard InChI is InChI=1S/C13H19N3O3/c1-15(7-9-6-14-16(2)8-9)12(17)10-3-4-11(5-10)13(18)19/h6,8,10-11H,3-5,7H2,1-2H3,(H,18,19). The van der Waals surface area contributed by atoms with E-state index in [-0.39, 0.29) is 17.7 Å². The van der Waals surface area contributed by atoms with E-state index in [4.69, 9.17) is 5.11 Å². The van der Waals surface area contributed by atoms with Crippen molar-refractivity contribution in [2.75, 3.05) is 7.05 Å². The van der Waals surface area contributed by atoms with Crippen LogP contribution < -0.4 is 0 Å². The van der Waals surface area contributed by atoms with Crippen LogP contribution in [0.1, 0.15) is 24.8 Å². The predicted molar refractivity (Wildman–Crippen MR) is 68.1 cm³/mol. The number of carboxylic acids is 1. The molecule has 2 atom stereocenters. The Labute approximate surface area is 112 Å². The molecule has 0 saturated heterocycles. The smallest absolute Gasteiger partial charge is 0.306 e. The lowest BCUT2D eigenvalue weighted by Gasteiger charge is -2.20. The van der Waals surface area contributed by atoms with Gasteiger partial charge in [0.1, 0.15) is 0 Å². The van der Waals surface area contributed by atoms with Crippen LogP contribution in [0.3, 0.4) is 0 Å². The Hall–Kier alpha value is -1.85. The summed E-state index contributed by atoms with van der Waals surface area (Å²) in [7, 11) is 3.59. The Morgan fingerprint density at radius 1 is 1.47 bits per heavy atom. The maximum absolute atomic E-state index is 12.2. The average Bonchev–Trinajstić information content (AvgIpc) is 2.97. The van der Waals surface area contributed by atoms with Crippen LogP contribution in [0.2, 0.25) is 0 Å². The van der Waals surface area contributed by atoms with Gasteiger partial charge in [0.25, 0.3) is 0 Å². The summed E-state index contributed by atoms with van der Waals surface area (Å²) in [5.41, 5.74) is 0.978. The Kier molecular flexibility index (Phi) is 3.87. The van der Waals surface area contributed by atoms with Gasteiger partial charge in [0.15, 0.2) is 0 Å². The summed E-state index contributed by atoms with van der Waals surface area (Å²) < 4.78 is 1.70. The van der Waals surface area contributed by atoms with E-state index in [1.165, 1.54) is 0 Å². The van der Waals surface area contributed by atoms with Gasteiger partial charge in [-0.05, 0) is 19.3 Å². The summed E-state index contributed by atoms with van der Waals surface area (Å²) in [6.45, 7) is 0.515. The molecule has 0 radical (unpaired) electrons. The van der Waals surface area contributed by atoms with Gasteiger partial charge in [-0.3, -0.25) is 14.3 Å². The fourth-order valence-electron chi connectivity index (χ4n) is 2.65. The van der Waals surface area contributed by atoms with Crippen LogP contribution >= 0.6 is 0 Å². The van der Waals surface area contributed by atoms with E-state index in [2.05, 4.69) is 5.10 Å². The van der Waals surface area contributed by atoms with Crippen molar-refractivity contribution in [2.45, 2.75) is 25.8 Å². The number of nitrogens with zero attached hydrogens (tertiary/aromatic N) is 3. The van der Waals surface area contributed by atoms with Crippen molar-refractivity contribution >= 4 is 11.9 Å². The molecule has 1 aromatic heterocycles. The number of aryl methyl sites for hydroxylation is 1. The number of hydrogen-bond donors (Lipinski definition) is 1. The van der Waals surface area contributed by atoms with Crippen LogP contribution in [-0.2, 0) is 23.2 Å². The molecule has 1 fully saturated rings. The number of aromatic nitrogens is 2. The van der Waals surface area contributed by atoms with Crippen LogP contribution in [0.15, 0.2) is 12.4 Å². The molecule has 6 nitrogen and oxygen atoms in total. The van der Waals surface area contributed by atoms with E-state index in [0.717, 1.165) is 5.56 Å². The second-order valence-corrected chi connectivity index (χ2v) is 5.26. The first-order valence-electron chi connectivity index (χ1n) is 6.42. The Morgan fingerprint density at radius 2 is 2.16 bits per heavy atom. The molecular formula is C13H19N3O3. The molecule has 2 unspecified atom stereocenters. The van der Waals surface area contributed by atoms with Crippen molar-refractivity contribution in [2.24, 2.45) is 18.9 Å². The minimum Gasteiger partial charge on any atom is -0.481 e. The molecule has 6 heteroatoms. The van der Waals surface area contributed by atoms with Crippen LogP contribution in [0.4, 0.5) is 0 Å². The number of carbonyl (C=O) groups excluding carboxylic acids is 1. The maximum atomic E-state index is 12.2. The van der Waals surface area contributed by atoms with Gasteiger partial charge in [0.05, 0.1) is 12.1 Å². The van der Waals surface area contributed by atoms with Gasteiger partial charge in [-0.1, -0.05) is 0 Å². The minimum atomic E-state index is -0.787. The Morgan fingerprint density at radius 3 is 2.68 bits per heavy atom. The number of amides is 1. The Bertz CT molecular complexity index is 483. The molecule has 19 heavy (non-hydrogen) atoms. The van der Waals surface area contributed by atoms with Crippen LogP contribution in [0.25, 0.3) is 0 Å². The first-order chi connectivity index (χ1) is 8.97. The maximum Gasteiger partial charge on any atom is 0.306 e. The Balaban J connectivity index is 1.91. The molecule has 1 saturated carbocycles. The van der Waals surface area contributed by atoms with Gasteiger partial charge in [-0.2, -0.15) is 5.10 Å². The number of carbonyl (C=O) groups is 2. The number of aliphatic carboxylic acids is 1. The normalized spacial score (nSPS) is 22.4. The summed E-state index contributed by atoms with van der Waals surface area (Å²) >= 11 is 0. The van der Waals surface area contributed by atoms with Gasteiger partial charge in [0, 0.05) is 38.3 Å². The third-order valence-corrected chi connectivity index (χ3v) is 3.69. The van der Waals surface area contributed by atoms with E-state index in [1.807, 2.05) is 13.2 Å². The lowest BCUT2D eigenvalue weighted by Crippen LogP contribution is -2.31. The van der Waals surface area contributed by atoms with E-state index >= 15 is 0 Å². The van der Waals surface area contributed by atoms with Crippen LogP contribution in [-0.4, -0.2) is 38.7 Å². The molecule has 0 spiro atoms. The minimum absolute atomic E-state index is 0.0348. The summed E-state index contributed by atoms with van der Waals surface area (Å²) in [6.07, 6.45) is 5.35. The van der Waals surface area contributed by atoms with Gasteiger partial charge in [-0.25, -0.2) is 0 Å². The molecular weight excluding hydrogens is 246 g/mol. The van der Waals surface area contributed by atoms with E-state index in [0.29, 0.717) is 25.8 Å². The van der Waals surface area contributed by atoms with Crippen molar-refractivity contribution in [3.8, 4) is 0 Å². The highest BCUT2D eigenvalue weighted by Gasteiger charge is 2.35. The van der Waals surface area contributed by atoms with Crippen LogP contribution in [0, 0.1) is 11.8 Å². The van der Waals surface area contributed by atoms with Crippen molar-refractivity contribution in [1.29, 1.82) is 0 Å². The van der Waals surface area contributed by atoms with E-state index in [9.17, 15) is 9.59 Å². The zero-order chi connectivity index (χ0) is 14.0. The quantitative estimate of drug-likeness (QED) is 0.876. The largest absolute Gasteiger partial charge is 0.481 e. The molecule has 0 bridgehead atoms. The summed E-state index contributed by atoms with van der Waals surface area (Å²) in [4.78, 5) is 24.8. The average molecular weight is 265 g/mol.